The first-order valence-electron chi connectivity index (χ1n) is 9.20. The topological polar surface area (TPSA) is 53.3 Å². The quantitative estimate of drug-likeness (QED) is 0.828. The molecule has 4 nitrogen and oxygen atoms in total. The Bertz CT molecular complexity index is 867. The first-order chi connectivity index (χ1) is 12.7. The van der Waals surface area contributed by atoms with E-state index in [1.165, 1.54) is 5.56 Å². The molecule has 2 aliphatic heterocycles. The Kier molecular flexibility index (Phi) is 4.48. The lowest BCUT2D eigenvalue weighted by molar-refractivity contribution is -0.131. The fourth-order valence-electron chi connectivity index (χ4n) is 4.02. The van der Waals surface area contributed by atoms with Crippen molar-refractivity contribution < 1.29 is 9.53 Å². The lowest BCUT2D eigenvalue weighted by atomic mass is 9.88. The molecule has 1 saturated heterocycles. The van der Waals surface area contributed by atoms with Gasteiger partial charge in [0, 0.05) is 18.8 Å². The number of carbonyl (C=O) groups excluding carboxylic acids is 1. The Labute approximate surface area is 154 Å². The highest BCUT2D eigenvalue weighted by Crippen LogP contribution is 2.38. The number of fused-ring (bicyclic) bond motifs is 1. The number of nitriles is 1. The van der Waals surface area contributed by atoms with E-state index in [4.69, 9.17) is 10.00 Å². The number of amides is 1. The molecule has 2 heterocycles. The van der Waals surface area contributed by atoms with Crippen LogP contribution in [0, 0.1) is 24.2 Å². The highest BCUT2D eigenvalue weighted by atomic mass is 16.5. The van der Waals surface area contributed by atoms with Crippen molar-refractivity contribution in [3.8, 4) is 6.07 Å². The summed E-state index contributed by atoms with van der Waals surface area (Å²) in [6, 6.07) is 16.1. The van der Waals surface area contributed by atoms with Gasteiger partial charge < -0.3 is 9.64 Å². The first kappa shape index (κ1) is 16.8. The highest BCUT2D eigenvalue weighted by Gasteiger charge is 2.38. The molecule has 0 radical (unpaired) electrons. The molecule has 26 heavy (non-hydrogen) atoms. The number of aryl methyl sites for hydroxylation is 1. The Morgan fingerprint density at radius 2 is 2.04 bits per heavy atom. The Balaban J connectivity index is 1.61. The molecule has 2 atom stereocenters. The maximum Gasteiger partial charge on any atom is 0.233 e. The Morgan fingerprint density at radius 1 is 1.23 bits per heavy atom. The normalized spacial score (nSPS) is 21.9. The number of hydrogen-bond donors (Lipinski definition) is 0. The zero-order valence-electron chi connectivity index (χ0n) is 14.9. The van der Waals surface area contributed by atoms with Crippen LogP contribution in [0.5, 0.6) is 0 Å². The zero-order chi connectivity index (χ0) is 18.1. The van der Waals surface area contributed by atoms with Crippen molar-refractivity contribution in [2.24, 2.45) is 5.92 Å². The van der Waals surface area contributed by atoms with E-state index in [2.05, 4.69) is 37.3 Å². The second-order valence-corrected chi connectivity index (χ2v) is 7.15. The fourth-order valence-corrected chi connectivity index (χ4v) is 4.02. The summed E-state index contributed by atoms with van der Waals surface area (Å²) in [5, 5.41) is 9.08. The summed E-state index contributed by atoms with van der Waals surface area (Å²) in [6.45, 7) is 3.44. The van der Waals surface area contributed by atoms with Crippen molar-refractivity contribution >= 4 is 11.6 Å². The predicted octanol–water partition coefficient (Wildman–Crippen LogP) is 3.92. The van der Waals surface area contributed by atoms with Gasteiger partial charge >= 0.3 is 0 Å². The average molecular weight is 346 g/mol. The molecule has 0 unspecified atom stereocenters. The summed E-state index contributed by atoms with van der Waals surface area (Å²) in [6.07, 6.45) is 2.38. The van der Waals surface area contributed by atoms with Crippen LogP contribution in [0.1, 0.15) is 41.2 Å². The smallest absolute Gasteiger partial charge is 0.233 e. The van der Waals surface area contributed by atoms with E-state index in [0.717, 1.165) is 36.1 Å². The van der Waals surface area contributed by atoms with E-state index in [0.29, 0.717) is 18.7 Å². The van der Waals surface area contributed by atoms with E-state index in [1.54, 1.807) is 6.07 Å². The Hall–Kier alpha value is -2.64. The molecule has 2 aromatic carbocycles. The van der Waals surface area contributed by atoms with Crippen LogP contribution in [0.3, 0.4) is 0 Å². The minimum atomic E-state index is -0.181. The van der Waals surface area contributed by atoms with Crippen LogP contribution in [0.2, 0.25) is 0 Å². The molecule has 0 N–H and O–H groups in total. The van der Waals surface area contributed by atoms with Gasteiger partial charge in [0.15, 0.2) is 0 Å². The molecular formula is C22H22N2O2. The van der Waals surface area contributed by atoms with E-state index < -0.39 is 0 Å². The standard InChI is InChI=1S/C22H22N2O2/c1-15-4-7-17(8-5-15)21-19(3-2-12-26-21)22(25)24-11-10-18-13-16(14-23)6-9-20(18)24/h4-9,13,19,21H,2-3,10-12H2,1H3/t19-,21+/m1/s1. The summed E-state index contributed by atoms with van der Waals surface area (Å²) in [5.74, 6) is -0.0215. The van der Waals surface area contributed by atoms with Crippen LogP contribution in [0.15, 0.2) is 42.5 Å². The summed E-state index contributed by atoms with van der Waals surface area (Å²) in [4.78, 5) is 15.2. The monoisotopic (exact) mass is 346 g/mol. The molecule has 132 valence electrons. The van der Waals surface area contributed by atoms with Gasteiger partial charge in [-0.05, 0) is 55.5 Å². The molecule has 2 aromatic rings. The van der Waals surface area contributed by atoms with Gasteiger partial charge in [0.2, 0.25) is 5.91 Å². The van der Waals surface area contributed by atoms with Crippen LogP contribution in [-0.4, -0.2) is 19.1 Å². The van der Waals surface area contributed by atoms with Crippen LogP contribution in [-0.2, 0) is 16.0 Å². The number of carbonyl (C=O) groups is 1. The van der Waals surface area contributed by atoms with Gasteiger partial charge in [0.25, 0.3) is 0 Å². The van der Waals surface area contributed by atoms with Gasteiger partial charge in [-0.25, -0.2) is 0 Å². The number of benzene rings is 2. The molecule has 0 spiro atoms. The van der Waals surface area contributed by atoms with Crippen LogP contribution in [0.4, 0.5) is 5.69 Å². The summed E-state index contributed by atoms with van der Waals surface area (Å²) in [5.41, 5.74) is 4.96. The van der Waals surface area contributed by atoms with Crippen molar-refractivity contribution in [2.75, 3.05) is 18.1 Å². The molecule has 1 fully saturated rings. The van der Waals surface area contributed by atoms with Gasteiger partial charge in [-0.3, -0.25) is 4.79 Å². The van der Waals surface area contributed by atoms with Gasteiger partial charge in [-0.2, -0.15) is 5.26 Å². The molecule has 2 aliphatic rings. The van der Waals surface area contributed by atoms with E-state index >= 15 is 0 Å². The minimum absolute atomic E-state index is 0.138. The molecular weight excluding hydrogens is 324 g/mol. The van der Waals surface area contributed by atoms with E-state index in [-0.39, 0.29) is 17.9 Å². The summed E-state index contributed by atoms with van der Waals surface area (Å²) in [7, 11) is 0. The van der Waals surface area contributed by atoms with Crippen LogP contribution in [0.25, 0.3) is 0 Å². The fraction of sp³-hybridized carbons (Fsp3) is 0.364. The number of nitrogens with zero attached hydrogens (tertiary/aromatic N) is 2. The minimum Gasteiger partial charge on any atom is -0.373 e. The van der Waals surface area contributed by atoms with E-state index in [1.807, 2.05) is 17.0 Å². The second kappa shape index (κ2) is 6.93. The molecule has 0 aliphatic carbocycles. The third kappa shape index (κ3) is 3.00. The van der Waals surface area contributed by atoms with Gasteiger partial charge in [0.1, 0.15) is 0 Å². The van der Waals surface area contributed by atoms with Gasteiger partial charge in [-0.1, -0.05) is 29.8 Å². The highest BCUT2D eigenvalue weighted by molar-refractivity contribution is 5.97. The van der Waals surface area contributed by atoms with Crippen molar-refractivity contribution in [1.82, 2.24) is 0 Å². The maximum atomic E-state index is 13.3. The van der Waals surface area contributed by atoms with Crippen molar-refractivity contribution in [3.05, 3.63) is 64.7 Å². The number of hydrogen-bond acceptors (Lipinski definition) is 3. The van der Waals surface area contributed by atoms with Crippen molar-refractivity contribution in [1.29, 1.82) is 5.26 Å². The molecule has 0 bridgehead atoms. The lowest BCUT2D eigenvalue weighted by Crippen LogP contribution is -2.40. The Morgan fingerprint density at radius 3 is 2.81 bits per heavy atom. The number of ether oxygens (including phenoxy) is 1. The SMILES string of the molecule is Cc1ccc([C@@H]2OCCC[C@H]2C(=O)N2CCc3cc(C#N)ccc32)cc1. The molecule has 0 saturated carbocycles. The van der Waals surface area contributed by atoms with Gasteiger partial charge in [0.05, 0.1) is 23.7 Å². The summed E-state index contributed by atoms with van der Waals surface area (Å²) < 4.78 is 6.03. The van der Waals surface area contributed by atoms with Crippen molar-refractivity contribution in [2.45, 2.75) is 32.3 Å². The number of rotatable bonds is 2. The molecule has 0 aromatic heterocycles. The molecule has 1 amide bonds. The largest absolute Gasteiger partial charge is 0.373 e. The lowest BCUT2D eigenvalue weighted by Gasteiger charge is -2.34. The maximum absolute atomic E-state index is 13.3. The third-order valence-corrected chi connectivity index (χ3v) is 5.42. The van der Waals surface area contributed by atoms with Crippen LogP contribution >= 0.6 is 0 Å². The number of anilines is 1. The molecule has 4 heteroatoms. The van der Waals surface area contributed by atoms with Gasteiger partial charge in [-0.15, -0.1) is 0 Å². The van der Waals surface area contributed by atoms with Crippen molar-refractivity contribution in [3.63, 3.8) is 0 Å². The average Bonchev–Trinajstić information content (AvgIpc) is 3.11. The van der Waals surface area contributed by atoms with Crippen LogP contribution < -0.4 is 4.90 Å². The van der Waals surface area contributed by atoms with E-state index in [9.17, 15) is 4.79 Å². The third-order valence-electron chi connectivity index (χ3n) is 5.42. The molecule has 4 rings (SSSR count). The second-order valence-electron chi connectivity index (χ2n) is 7.15. The zero-order valence-corrected chi connectivity index (χ0v) is 14.9. The summed E-state index contributed by atoms with van der Waals surface area (Å²) >= 11 is 0. The first-order valence-corrected chi connectivity index (χ1v) is 9.20. The predicted molar refractivity (Wildman–Crippen MR) is 99.8 cm³/mol.